The van der Waals surface area contributed by atoms with Crippen LogP contribution in [-0.2, 0) is 5.41 Å². The van der Waals surface area contributed by atoms with Crippen LogP contribution in [0, 0.1) is 13.8 Å². The first kappa shape index (κ1) is 23.9. The van der Waals surface area contributed by atoms with E-state index < -0.39 is 0 Å². The van der Waals surface area contributed by atoms with E-state index in [4.69, 9.17) is 14.4 Å². The van der Waals surface area contributed by atoms with Gasteiger partial charge in [0.15, 0.2) is 0 Å². The highest BCUT2D eigenvalue weighted by Crippen LogP contribution is 2.43. The zero-order valence-electron chi connectivity index (χ0n) is 22.6. The Balaban J connectivity index is 1.58. The van der Waals surface area contributed by atoms with Gasteiger partial charge in [0.25, 0.3) is 0 Å². The number of nitrogens with zero attached hydrogens (tertiary/aromatic N) is 2. The minimum Gasteiger partial charge on any atom is -0.455 e. The topological polar surface area (TPSA) is 38.9 Å². The lowest BCUT2D eigenvalue weighted by Crippen LogP contribution is -2.09. The number of hydrogen-bond acceptors (Lipinski definition) is 4. The number of hydrogen-bond donors (Lipinski definition) is 0. The van der Waals surface area contributed by atoms with Gasteiger partial charge in [-0.3, -0.25) is 4.98 Å². The number of rotatable bonds is 3. The van der Waals surface area contributed by atoms with E-state index in [1.165, 1.54) is 32.5 Å². The molecule has 0 radical (unpaired) electrons. The summed E-state index contributed by atoms with van der Waals surface area (Å²) in [5.74, 6) is 0.360. The van der Waals surface area contributed by atoms with Crippen LogP contribution in [-0.4, -0.2) is 9.97 Å². The van der Waals surface area contributed by atoms with Crippen molar-refractivity contribution in [1.29, 1.82) is 0 Å². The minimum atomic E-state index is 0.00901. The molecule has 6 aromatic rings. The van der Waals surface area contributed by atoms with Crippen LogP contribution in [0.3, 0.4) is 0 Å². The molecule has 0 atom stereocenters. The van der Waals surface area contributed by atoms with Crippen molar-refractivity contribution in [2.75, 3.05) is 0 Å². The summed E-state index contributed by atoms with van der Waals surface area (Å²) >= 11 is 1.78. The van der Waals surface area contributed by atoms with Gasteiger partial charge < -0.3 is 4.42 Å². The van der Waals surface area contributed by atoms with E-state index in [-0.39, 0.29) is 5.41 Å². The van der Waals surface area contributed by atoms with E-state index in [0.717, 1.165) is 43.7 Å². The summed E-state index contributed by atoms with van der Waals surface area (Å²) in [5, 5.41) is 3.42. The summed E-state index contributed by atoms with van der Waals surface area (Å²) in [4.78, 5) is 9.95. The molecule has 0 aliphatic rings. The van der Waals surface area contributed by atoms with Crippen molar-refractivity contribution in [2.45, 2.75) is 59.8 Å². The Hall–Kier alpha value is -3.50. The first-order chi connectivity index (χ1) is 17.6. The molecule has 0 unspecified atom stereocenters. The van der Waals surface area contributed by atoms with Gasteiger partial charge in [0.05, 0.1) is 20.9 Å². The van der Waals surface area contributed by atoms with Crippen molar-refractivity contribution >= 4 is 43.5 Å². The molecule has 0 bridgehead atoms. The molecule has 3 nitrogen and oxygen atoms in total. The molecule has 0 saturated carbocycles. The van der Waals surface area contributed by atoms with E-state index in [2.05, 4.69) is 109 Å². The first-order valence-electron chi connectivity index (χ1n) is 13.0. The van der Waals surface area contributed by atoms with Gasteiger partial charge in [0.1, 0.15) is 11.2 Å². The average molecular weight is 505 g/mol. The number of fused-ring (bicyclic) bond motifs is 5. The quantitative estimate of drug-likeness (QED) is 0.241. The number of para-hydroxylation sites is 1. The predicted molar refractivity (Wildman–Crippen MR) is 158 cm³/mol. The van der Waals surface area contributed by atoms with E-state index in [1.807, 2.05) is 0 Å². The number of aromatic nitrogens is 2. The molecule has 3 heterocycles. The third kappa shape index (κ3) is 3.86. The van der Waals surface area contributed by atoms with E-state index >= 15 is 0 Å². The maximum atomic E-state index is 6.53. The lowest BCUT2D eigenvalue weighted by molar-refractivity contribution is 0.587. The number of thiazole rings is 1. The molecule has 0 saturated heterocycles. The molecule has 0 aliphatic heterocycles. The second-order valence-corrected chi connectivity index (χ2v) is 12.4. The molecule has 0 N–H and O–H groups in total. The third-order valence-corrected chi connectivity index (χ3v) is 8.76. The second kappa shape index (κ2) is 8.53. The highest BCUT2D eigenvalue weighted by molar-refractivity contribution is 7.19. The number of aryl methyl sites for hydroxylation is 2. The van der Waals surface area contributed by atoms with Gasteiger partial charge >= 0.3 is 0 Å². The lowest BCUT2D eigenvalue weighted by atomic mass is 9.88. The molecule has 0 amide bonds. The van der Waals surface area contributed by atoms with Crippen LogP contribution >= 0.6 is 11.3 Å². The molecule has 0 aliphatic carbocycles. The van der Waals surface area contributed by atoms with E-state index in [1.54, 1.807) is 11.3 Å². The Morgan fingerprint density at radius 2 is 1.62 bits per heavy atom. The van der Waals surface area contributed by atoms with Crippen LogP contribution in [0.2, 0.25) is 0 Å². The number of furan rings is 1. The Morgan fingerprint density at radius 1 is 0.892 bits per heavy atom. The molecule has 0 spiro atoms. The highest BCUT2D eigenvalue weighted by atomic mass is 32.1. The normalized spacial score (nSPS) is 12.4. The summed E-state index contributed by atoms with van der Waals surface area (Å²) in [6, 6.07) is 19.3. The molecule has 3 aromatic carbocycles. The van der Waals surface area contributed by atoms with Crippen LogP contribution in [0.15, 0.2) is 65.2 Å². The van der Waals surface area contributed by atoms with Crippen LogP contribution in [0.5, 0.6) is 0 Å². The first-order valence-corrected chi connectivity index (χ1v) is 13.8. The highest BCUT2D eigenvalue weighted by Gasteiger charge is 2.23. The number of benzene rings is 3. The number of pyridine rings is 1. The van der Waals surface area contributed by atoms with Gasteiger partial charge in [-0.15, -0.1) is 11.3 Å². The van der Waals surface area contributed by atoms with Crippen molar-refractivity contribution < 1.29 is 4.42 Å². The molecule has 0 fully saturated rings. The molecule has 6 rings (SSSR count). The maximum Gasteiger partial charge on any atom is 0.144 e. The van der Waals surface area contributed by atoms with Crippen molar-refractivity contribution in [3.8, 4) is 22.4 Å². The van der Waals surface area contributed by atoms with Crippen LogP contribution in [0.25, 0.3) is 54.5 Å². The van der Waals surface area contributed by atoms with Crippen LogP contribution in [0.1, 0.15) is 62.2 Å². The zero-order valence-corrected chi connectivity index (χ0v) is 23.4. The summed E-state index contributed by atoms with van der Waals surface area (Å²) in [5.41, 5.74) is 11.2. The van der Waals surface area contributed by atoms with Gasteiger partial charge in [-0.2, -0.15) is 0 Å². The smallest absolute Gasteiger partial charge is 0.144 e. The zero-order chi connectivity index (χ0) is 26.1. The maximum absolute atomic E-state index is 6.53. The fraction of sp³-hybridized carbons (Fsp3) is 0.273. The minimum absolute atomic E-state index is 0.00901. The van der Waals surface area contributed by atoms with Crippen molar-refractivity contribution in [2.24, 2.45) is 0 Å². The van der Waals surface area contributed by atoms with Gasteiger partial charge in [-0.1, -0.05) is 65.0 Å². The molecule has 186 valence electrons. The standard InChI is InChI=1S/C33H32N2OS/c1-18(2)23-16-26(34-17-24(23)28-19(3)10-8-11-20(28)4)21-12-9-13-22-29-27(36-30(21)22)15-14-25-31(29)37-32(35-25)33(5,6)7/h8-18H,1-7H3. The Morgan fingerprint density at radius 3 is 2.32 bits per heavy atom. The summed E-state index contributed by atoms with van der Waals surface area (Å²) in [6.45, 7) is 15.5. The largest absolute Gasteiger partial charge is 0.455 e. The fourth-order valence-corrected chi connectivity index (χ4v) is 6.51. The van der Waals surface area contributed by atoms with Crippen molar-refractivity contribution in [3.05, 3.63) is 82.5 Å². The molecule has 3 aromatic heterocycles. The molecular formula is C33H32N2OS. The lowest BCUT2D eigenvalue weighted by Gasteiger charge is -2.18. The van der Waals surface area contributed by atoms with Gasteiger partial charge in [0, 0.05) is 33.5 Å². The molecule has 37 heavy (non-hydrogen) atoms. The van der Waals surface area contributed by atoms with Gasteiger partial charge in [-0.05, 0) is 66.3 Å². The van der Waals surface area contributed by atoms with Crippen LogP contribution < -0.4 is 0 Å². The van der Waals surface area contributed by atoms with Crippen molar-refractivity contribution in [1.82, 2.24) is 9.97 Å². The average Bonchev–Trinajstić information content (AvgIpc) is 3.45. The van der Waals surface area contributed by atoms with Gasteiger partial charge in [0.2, 0.25) is 0 Å². The predicted octanol–water partition coefficient (Wildman–Crippen LogP) is 9.96. The summed E-state index contributed by atoms with van der Waals surface area (Å²) in [7, 11) is 0. The second-order valence-electron chi connectivity index (χ2n) is 11.4. The Kier molecular flexibility index (Phi) is 5.50. The van der Waals surface area contributed by atoms with Gasteiger partial charge in [-0.25, -0.2) is 4.98 Å². The Bertz CT molecular complexity index is 1790. The molecule has 4 heteroatoms. The van der Waals surface area contributed by atoms with E-state index in [9.17, 15) is 0 Å². The third-order valence-electron chi connectivity index (χ3n) is 7.24. The van der Waals surface area contributed by atoms with Crippen molar-refractivity contribution in [3.63, 3.8) is 0 Å². The monoisotopic (exact) mass is 504 g/mol. The van der Waals surface area contributed by atoms with E-state index in [0.29, 0.717) is 5.92 Å². The molecular weight excluding hydrogens is 472 g/mol. The fourth-order valence-electron chi connectivity index (χ4n) is 5.33. The summed E-state index contributed by atoms with van der Waals surface area (Å²) < 4.78 is 7.73. The summed E-state index contributed by atoms with van der Waals surface area (Å²) in [6.07, 6.45) is 2.05. The van der Waals surface area contributed by atoms with Crippen LogP contribution in [0.4, 0.5) is 0 Å². The SMILES string of the molecule is Cc1cccc(C)c1-c1cnc(-c2cccc3c2oc2ccc4nc(C(C)(C)C)sc4c23)cc1C(C)C. The Labute approximate surface area is 222 Å².